The van der Waals surface area contributed by atoms with Crippen molar-refractivity contribution >= 4 is 44.2 Å². The van der Waals surface area contributed by atoms with Gasteiger partial charge in [-0.1, -0.05) is 36.4 Å². The molecular weight excluding hydrogens is 406 g/mol. The van der Waals surface area contributed by atoms with Crippen molar-refractivity contribution < 1.29 is 0 Å². The number of hydrogen-bond donors (Lipinski definition) is 0. The Labute approximate surface area is 173 Å². The molecule has 0 aliphatic heterocycles. The highest BCUT2D eigenvalue weighted by molar-refractivity contribution is 7.20. The number of aryl methyl sites for hydroxylation is 1. The van der Waals surface area contributed by atoms with Gasteiger partial charge >= 0.3 is 0 Å². The zero-order chi connectivity index (χ0) is 19.1. The van der Waals surface area contributed by atoms with Crippen molar-refractivity contribution in [1.29, 1.82) is 0 Å². The molecule has 0 bridgehead atoms. The van der Waals surface area contributed by atoms with Crippen molar-refractivity contribution in [1.82, 2.24) is 14.5 Å². The average molecular weight is 422 g/mol. The Morgan fingerprint density at radius 1 is 1.07 bits per heavy atom. The third kappa shape index (κ3) is 3.01. The van der Waals surface area contributed by atoms with Gasteiger partial charge in [-0.2, -0.15) is 0 Å². The van der Waals surface area contributed by atoms with E-state index in [9.17, 15) is 4.79 Å². The predicted octanol–water partition coefficient (Wildman–Crippen LogP) is 5.67. The Morgan fingerprint density at radius 2 is 1.93 bits per heavy atom. The molecule has 4 nitrogen and oxygen atoms in total. The van der Waals surface area contributed by atoms with Crippen LogP contribution in [-0.4, -0.2) is 14.5 Å². The van der Waals surface area contributed by atoms with E-state index in [0.29, 0.717) is 11.9 Å². The summed E-state index contributed by atoms with van der Waals surface area (Å²) in [5.41, 5.74) is 2.91. The molecule has 5 aromatic rings. The summed E-state index contributed by atoms with van der Waals surface area (Å²) in [6.07, 6.45) is 1.64. The lowest BCUT2D eigenvalue weighted by molar-refractivity contribution is 0.735. The van der Waals surface area contributed by atoms with Crippen LogP contribution in [0.4, 0.5) is 0 Å². The topological polar surface area (TPSA) is 47.8 Å². The summed E-state index contributed by atoms with van der Waals surface area (Å²) in [6.45, 7) is 2.47. The first-order valence-corrected chi connectivity index (χ1v) is 11.3. The van der Waals surface area contributed by atoms with Gasteiger partial charge in [-0.05, 0) is 23.9 Å². The molecule has 0 spiro atoms. The van der Waals surface area contributed by atoms with Crippen molar-refractivity contribution in [3.05, 3.63) is 80.5 Å². The lowest BCUT2D eigenvalue weighted by Gasteiger charge is -2.05. The van der Waals surface area contributed by atoms with Crippen LogP contribution < -0.4 is 5.56 Å². The maximum atomic E-state index is 13.3. The molecular formula is C21H15N3OS3. The van der Waals surface area contributed by atoms with Gasteiger partial charge in [-0.3, -0.25) is 9.36 Å². The van der Waals surface area contributed by atoms with Gasteiger partial charge in [0.1, 0.15) is 9.84 Å². The number of benzene rings is 1. The van der Waals surface area contributed by atoms with E-state index in [2.05, 4.69) is 11.1 Å². The molecule has 4 aromatic heterocycles. The quantitative estimate of drug-likeness (QED) is 0.376. The lowest BCUT2D eigenvalue weighted by Crippen LogP contribution is -2.21. The third-order valence-corrected chi connectivity index (χ3v) is 7.48. The van der Waals surface area contributed by atoms with Crippen molar-refractivity contribution in [2.24, 2.45) is 0 Å². The number of nitrogens with zero attached hydrogens (tertiary/aromatic N) is 3. The van der Waals surface area contributed by atoms with Crippen LogP contribution in [0, 0.1) is 6.92 Å². The maximum absolute atomic E-state index is 13.3. The molecule has 4 heterocycles. The Kier molecular flexibility index (Phi) is 4.43. The van der Waals surface area contributed by atoms with Gasteiger partial charge in [0.2, 0.25) is 0 Å². The fraction of sp³-hybridized carbons (Fsp3) is 0.0952. The van der Waals surface area contributed by atoms with Gasteiger partial charge < -0.3 is 0 Å². The minimum atomic E-state index is -0.0149. The van der Waals surface area contributed by atoms with Crippen LogP contribution >= 0.6 is 34.0 Å². The van der Waals surface area contributed by atoms with Crippen LogP contribution in [0.15, 0.2) is 64.3 Å². The molecule has 0 atom stereocenters. The van der Waals surface area contributed by atoms with Crippen LogP contribution in [0.25, 0.3) is 31.2 Å². The second-order valence-corrected chi connectivity index (χ2v) is 9.39. The van der Waals surface area contributed by atoms with Crippen LogP contribution in [0.1, 0.15) is 10.6 Å². The second-order valence-electron chi connectivity index (χ2n) is 6.38. The van der Waals surface area contributed by atoms with Gasteiger partial charge in [0.05, 0.1) is 28.8 Å². The van der Waals surface area contributed by atoms with Crippen LogP contribution in [-0.2, 0) is 6.54 Å². The molecule has 0 saturated heterocycles. The highest BCUT2D eigenvalue weighted by Gasteiger charge is 2.17. The number of thiazole rings is 1. The van der Waals surface area contributed by atoms with Crippen LogP contribution in [0.3, 0.4) is 0 Å². The molecule has 0 aliphatic rings. The average Bonchev–Trinajstić information content (AvgIpc) is 3.44. The minimum absolute atomic E-state index is 0.0149. The van der Waals surface area contributed by atoms with Crippen molar-refractivity contribution in [2.75, 3.05) is 0 Å². The minimum Gasteiger partial charge on any atom is -0.293 e. The molecule has 0 fully saturated rings. The Morgan fingerprint density at radius 3 is 2.71 bits per heavy atom. The summed E-state index contributed by atoms with van der Waals surface area (Å²) >= 11 is 4.85. The number of hydrogen-bond acceptors (Lipinski definition) is 6. The molecule has 7 heteroatoms. The zero-order valence-corrected chi connectivity index (χ0v) is 17.4. The SMILES string of the molecule is Cc1sc2ncn(Cc3csc(-c4cccs4)n3)c(=O)c2c1-c1ccccc1. The first-order valence-electron chi connectivity index (χ1n) is 8.73. The fourth-order valence-electron chi connectivity index (χ4n) is 3.27. The van der Waals surface area contributed by atoms with Crippen molar-refractivity contribution in [2.45, 2.75) is 13.5 Å². The lowest BCUT2D eigenvalue weighted by atomic mass is 10.0. The normalized spacial score (nSPS) is 11.3. The number of rotatable bonds is 4. The Hall–Kier alpha value is -2.61. The summed E-state index contributed by atoms with van der Waals surface area (Å²) in [7, 11) is 0. The van der Waals surface area contributed by atoms with Crippen LogP contribution in [0.2, 0.25) is 0 Å². The standard InChI is InChI=1S/C21H15N3OS3/c1-13-17(14-6-3-2-4-7-14)18-20(28-13)22-12-24(21(18)25)10-15-11-27-19(23-15)16-8-5-9-26-16/h2-9,11-12H,10H2,1H3. The highest BCUT2D eigenvalue weighted by atomic mass is 32.1. The molecule has 0 N–H and O–H groups in total. The smallest absolute Gasteiger partial charge is 0.263 e. The Balaban J connectivity index is 1.58. The van der Waals surface area contributed by atoms with Crippen molar-refractivity contribution in [3.8, 4) is 21.0 Å². The summed E-state index contributed by atoms with van der Waals surface area (Å²) in [5.74, 6) is 0. The molecule has 0 unspecified atom stereocenters. The third-order valence-electron chi connectivity index (χ3n) is 4.53. The van der Waals surface area contributed by atoms with E-state index in [-0.39, 0.29) is 5.56 Å². The molecule has 1 aromatic carbocycles. The van der Waals surface area contributed by atoms with Crippen LogP contribution in [0.5, 0.6) is 0 Å². The number of aromatic nitrogens is 3. The molecule has 0 amide bonds. The number of thiophene rings is 2. The van der Waals surface area contributed by atoms with E-state index in [0.717, 1.165) is 36.4 Å². The van der Waals surface area contributed by atoms with E-state index in [1.165, 1.54) is 0 Å². The maximum Gasteiger partial charge on any atom is 0.263 e. The largest absolute Gasteiger partial charge is 0.293 e. The first kappa shape index (κ1) is 17.5. The molecule has 0 saturated carbocycles. The Bertz CT molecular complexity index is 1310. The van der Waals surface area contributed by atoms with Gasteiger partial charge in [0.25, 0.3) is 5.56 Å². The van der Waals surface area contributed by atoms with Crippen molar-refractivity contribution in [3.63, 3.8) is 0 Å². The van der Waals surface area contributed by atoms with E-state index in [4.69, 9.17) is 4.98 Å². The first-order chi connectivity index (χ1) is 13.7. The van der Waals surface area contributed by atoms with Gasteiger partial charge in [0.15, 0.2) is 0 Å². The summed E-state index contributed by atoms with van der Waals surface area (Å²) in [5, 5.41) is 5.75. The summed E-state index contributed by atoms with van der Waals surface area (Å²) in [6, 6.07) is 14.1. The molecule has 0 aliphatic carbocycles. The molecule has 28 heavy (non-hydrogen) atoms. The highest BCUT2D eigenvalue weighted by Crippen LogP contribution is 2.35. The molecule has 5 rings (SSSR count). The zero-order valence-electron chi connectivity index (χ0n) is 15.0. The summed E-state index contributed by atoms with van der Waals surface area (Å²) < 4.78 is 1.66. The second kappa shape index (κ2) is 7.09. The summed E-state index contributed by atoms with van der Waals surface area (Å²) in [4.78, 5) is 25.6. The monoisotopic (exact) mass is 421 g/mol. The van der Waals surface area contributed by atoms with E-state index < -0.39 is 0 Å². The molecule has 0 radical (unpaired) electrons. The van der Waals surface area contributed by atoms with Gasteiger partial charge in [0, 0.05) is 15.8 Å². The van der Waals surface area contributed by atoms with E-state index >= 15 is 0 Å². The fourth-order valence-corrected chi connectivity index (χ4v) is 5.90. The van der Waals surface area contributed by atoms with Gasteiger partial charge in [-0.25, -0.2) is 9.97 Å². The molecule has 138 valence electrons. The van der Waals surface area contributed by atoms with Gasteiger partial charge in [-0.15, -0.1) is 34.0 Å². The number of fused-ring (bicyclic) bond motifs is 1. The van der Waals surface area contributed by atoms with E-state index in [1.54, 1.807) is 44.9 Å². The predicted molar refractivity (Wildman–Crippen MR) is 119 cm³/mol. The van der Waals surface area contributed by atoms with E-state index in [1.807, 2.05) is 54.1 Å².